The van der Waals surface area contributed by atoms with Gasteiger partial charge in [0.1, 0.15) is 23.0 Å². The molecule has 0 aliphatic rings. The Morgan fingerprint density at radius 1 is 0.291 bits per heavy atom. The predicted octanol–water partition coefficient (Wildman–Crippen LogP) is 17.8. The van der Waals surface area contributed by atoms with Gasteiger partial charge in [0.25, 0.3) is 0 Å². The first-order chi connectivity index (χ1) is 59.7. The topological polar surface area (TPSA) is 527 Å². The van der Waals surface area contributed by atoms with E-state index in [1.165, 1.54) is 36.5 Å². The van der Waals surface area contributed by atoms with Gasteiger partial charge < -0.3 is 97.6 Å². The van der Waals surface area contributed by atoms with Crippen molar-refractivity contribution in [2.24, 2.45) is 96.5 Å². The van der Waals surface area contributed by atoms with E-state index in [1.807, 2.05) is 86.6 Å². The van der Waals surface area contributed by atoms with E-state index in [4.69, 9.17) is 51.6 Å². The Balaban J connectivity index is 0.000000715. The average Bonchev–Trinajstić information content (AvgIpc) is 0.856. The maximum Gasteiger partial charge on any atom is 0.160 e. The van der Waals surface area contributed by atoms with E-state index in [-0.39, 0.29) is 23.8 Å². The molecule has 37 heteroatoms. The van der Waals surface area contributed by atoms with Crippen LogP contribution in [-0.4, -0.2) is 157 Å². The maximum atomic E-state index is 9.80. The zero-order valence-corrected chi connectivity index (χ0v) is 91.4. The van der Waals surface area contributed by atoms with Gasteiger partial charge in [0.2, 0.25) is 0 Å². The number of nitrogens with two attached hydrogens (primary N) is 9. The van der Waals surface area contributed by atoms with Gasteiger partial charge in [0.15, 0.2) is 11.5 Å². The van der Waals surface area contributed by atoms with Crippen molar-refractivity contribution in [2.45, 2.75) is 119 Å². The molecule has 0 saturated carbocycles. The van der Waals surface area contributed by atoms with Gasteiger partial charge in [-0.3, -0.25) is 44.9 Å². The van der Waals surface area contributed by atoms with Gasteiger partial charge in [0, 0.05) is 86.1 Å². The molecular weight excluding hydrogens is 2570 g/mol. The zero-order chi connectivity index (χ0) is 95.8. The van der Waals surface area contributed by atoms with Gasteiger partial charge >= 0.3 is 0 Å². The van der Waals surface area contributed by atoms with Crippen LogP contribution in [-0.2, 0) is 38.5 Å². The lowest BCUT2D eigenvalue weighted by Gasteiger charge is -2.10. The van der Waals surface area contributed by atoms with E-state index in [2.05, 4.69) is 293 Å². The summed E-state index contributed by atoms with van der Waals surface area (Å²) < 4.78 is 10.00. The molecule has 0 spiro atoms. The minimum absolute atomic E-state index is 0.0944. The quantitative estimate of drug-likeness (QED) is 0.00984. The van der Waals surface area contributed by atoms with Crippen molar-refractivity contribution in [3.05, 3.63) is 265 Å². The van der Waals surface area contributed by atoms with Crippen LogP contribution in [0.1, 0.15) is 131 Å². The molecule has 0 radical (unpaired) electrons. The van der Waals surface area contributed by atoms with Crippen molar-refractivity contribution in [1.82, 2.24) is 0 Å². The molecule has 0 aliphatic carbocycles. The van der Waals surface area contributed by atoms with Gasteiger partial charge in [-0.25, -0.2) is 0 Å². The van der Waals surface area contributed by atoms with Crippen LogP contribution in [0.4, 0.5) is 0 Å². The molecule has 0 unspecified atom stereocenters. The summed E-state index contributed by atoms with van der Waals surface area (Å²) in [6, 6.07) is 54.6. The molecule has 0 heterocycles. The summed E-state index contributed by atoms with van der Waals surface area (Å²) in [6.45, 7) is 20.5. The number of aliphatic hydroxyl groups is 3. The molecular formula is C90H116Br4I6N18O9. The van der Waals surface area contributed by atoms with Crippen LogP contribution in [0.5, 0.6) is 34.5 Å². The van der Waals surface area contributed by atoms with E-state index in [0.717, 1.165) is 98.8 Å². The van der Waals surface area contributed by atoms with Crippen molar-refractivity contribution >= 4 is 252 Å². The first-order valence-corrected chi connectivity index (χ1v) is 48.6. The van der Waals surface area contributed by atoms with Crippen molar-refractivity contribution in [2.75, 3.05) is 58.9 Å². The second kappa shape index (κ2) is 67.4. The molecule has 690 valence electrons. The predicted molar refractivity (Wildman–Crippen MR) is 592 cm³/mol. The molecule has 9 rings (SSSR count). The van der Waals surface area contributed by atoms with E-state index >= 15 is 0 Å². The number of amidine groups is 9. The molecule has 127 heavy (non-hydrogen) atoms. The number of halogens is 10. The standard InChI is InChI=1S/2C10H13BrN2O2.2C10H13BrN2O.C10H12I2N2O.2C10H13IN2O.2C10H13IN2/c1-6(12)13-5-10(15)8-4-7(14)2-3-9(8)11;1-6(12)13-3-2-7-4-8(11)5-9(14)10(7)15;1-7(12)13-6-10(14)8-3-2-4-9(11)5-8;1-7(12)13-6-10(14)8-4-2-3-5-9(8)11;1-6(13)14-3-2-7-4-8(11)5-9(12)10(7)15;1-7(12)13-3-2-8-4-9(11)6-10(14)5-8;1-7(12)13-5-4-8-6-9(14)2-3-10(8)11;1-8(12)13-7-6-9-2-4-10(11)5-3-9;1-8(12)13-6-5-9-3-2-4-10(11)7-9/h2-4,10,14-15H,5H2,1H3,(H2,12,13);4-5,14-15H,2-3H2,1H3,(H2,12,13);2*2-5,10,14H,6H2,1H3,(H2,12,13);4-5,15H,2-3H2,1H3,(H2,13,14);4-6,14H,2-3H2,1H3,(H2,12,13);2-3,6,14H,4-5H2,1H3,(H2,12,13);2-5H,6-7H2,1H3,(H2,12,13);2-4,7H,5-6H2,1H3,(H2,12,13)/t10-;;2*10-;;;;;/m0.00...../s1/i4*11-4;11+4,12+4;4*11+4. The van der Waals surface area contributed by atoms with E-state index < -0.39 is 18.3 Å². The normalized spacial score (nSPS) is 12.5. The van der Waals surface area contributed by atoms with Crippen molar-refractivity contribution in [3.8, 4) is 34.5 Å². The molecule has 0 amide bonds. The number of hydrogen-bond acceptors (Lipinski definition) is 18. The number of aliphatic hydroxyl groups excluding tert-OH is 3. The first kappa shape index (κ1) is 118. The molecule has 9 aromatic rings. The summed E-state index contributed by atoms with van der Waals surface area (Å²) in [5, 5.41) is 85.8. The van der Waals surface area contributed by atoms with Gasteiger partial charge in [-0.2, -0.15) is 0 Å². The molecule has 0 fully saturated rings. The Morgan fingerprint density at radius 2 is 0.709 bits per heavy atom. The van der Waals surface area contributed by atoms with Crippen LogP contribution in [0, 0.1) is 21.4 Å². The van der Waals surface area contributed by atoms with Crippen molar-refractivity contribution in [1.29, 1.82) is 0 Å². The lowest BCUT2D eigenvalue weighted by Crippen LogP contribution is -2.10. The summed E-state index contributed by atoms with van der Waals surface area (Å²) in [7, 11) is 0. The Morgan fingerprint density at radius 3 is 1.20 bits per heavy atom. The van der Waals surface area contributed by atoms with Crippen LogP contribution in [0.25, 0.3) is 0 Å². The number of aliphatic imine (C=N–C) groups is 9. The molecule has 0 saturated heterocycles. The minimum Gasteiger partial charge on any atom is -0.508 e. The number of aromatic hydroxyl groups is 6. The lowest BCUT2D eigenvalue weighted by atomic mass is 10.1. The highest BCUT2D eigenvalue weighted by Crippen LogP contribution is 2.34. The summed E-state index contributed by atoms with van der Waals surface area (Å²) in [5.41, 5.74) is 57.3. The van der Waals surface area contributed by atoms with E-state index in [1.54, 1.807) is 84.9 Å². The lowest BCUT2D eigenvalue weighted by molar-refractivity contribution is 0.186. The third-order valence-electron chi connectivity index (χ3n) is 15.9. The summed E-state index contributed by atoms with van der Waals surface area (Å²) in [5.74, 6) is 5.84. The molecule has 27 nitrogen and oxygen atoms in total. The van der Waals surface area contributed by atoms with Crippen LogP contribution in [0.3, 0.4) is 0 Å². The van der Waals surface area contributed by atoms with E-state index in [0.29, 0.717) is 133 Å². The Hall–Kier alpha value is -6.81. The smallest absolute Gasteiger partial charge is 0.160 e. The SMILES string of the molecule is CC(N)=NCCc1cc(O)cc([131I])c1.CC(N)=NCCc1cc(O)ccc1[131I].CC(N)=NCCc1cc([131I])cc([131I])c1O.CC(N)=NCCc1cc([76Br])cc(O)c1O.CC(N)=NCCc1ccc([131I])cc1.CC(N)=NCCc1cccc([131I])c1.CC(N)=NC[C@H](O)c1cc(O)ccc1[76Br].CC(N)=NC[C@H](O)c1cccc([76Br])c1.CC(N)=NC[C@H](O)c1ccccc1[76Br]. The number of benzene rings is 9. The maximum absolute atomic E-state index is 9.80. The fraction of sp³-hybridized carbons (Fsp3) is 0.300. The van der Waals surface area contributed by atoms with Crippen LogP contribution < -0.4 is 51.6 Å². The van der Waals surface area contributed by atoms with Gasteiger partial charge in [0.05, 0.1) is 94.0 Å². The largest absolute Gasteiger partial charge is 0.508 e. The molecule has 3 atom stereocenters. The van der Waals surface area contributed by atoms with Gasteiger partial charge in [-0.15, -0.1) is 0 Å². The highest BCUT2D eigenvalue weighted by Gasteiger charge is 2.14. The number of phenols is 6. The van der Waals surface area contributed by atoms with Gasteiger partial charge in [-0.05, 0) is 397 Å². The second-order valence-corrected chi connectivity index (χ2v) is 38.4. The van der Waals surface area contributed by atoms with E-state index in [9.17, 15) is 46.0 Å². The Labute approximate surface area is 861 Å². The summed E-state index contributed by atoms with van der Waals surface area (Å²) >= 11 is 26.6. The number of rotatable bonds is 27. The molecule has 9 aromatic carbocycles. The number of hydrogen-bond donors (Lipinski definition) is 18. The Bertz CT molecular complexity index is 5000. The van der Waals surface area contributed by atoms with Crippen LogP contribution >= 0.6 is 199 Å². The molecule has 27 N–H and O–H groups in total. The monoisotopic (exact) mass is 2680 g/mol. The second-order valence-electron chi connectivity index (χ2n) is 27.6. The van der Waals surface area contributed by atoms with Crippen LogP contribution in [0.15, 0.2) is 239 Å². The number of nitrogens with zero attached hydrogens (tertiary/aromatic N) is 9. The molecule has 0 bridgehead atoms. The fourth-order valence-electron chi connectivity index (χ4n) is 9.90. The van der Waals surface area contributed by atoms with Crippen molar-refractivity contribution in [3.63, 3.8) is 0 Å². The first-order valence-electron chi connectivity index (χ1n) is 39.0. The third kappa shape index (κ3) is 58.6. The summed E-state index contributed by atoms with van der Waals surface area (Å²) in [6.07, 6.45) is 2.82. The highest BCUT2D eigenvalue weighted by molar-refractivity contribution is 14.1. The third-order valence-corrected chi connectivity index (χ3v) is 22.8. The number of phenolic OH excluding ortho intramolecular Hbond substituents is 6. The highest BCUT2D eigenvalue weighted by atomic mass is 131. The zero-order valence-electron chi connectivity index (χ0n) is 72.1. The summed E-state index contributed by atoms with van der Waals surface area (Å²) in [4.78, 5) is 36.4. The molecule has 0 aliphatic heterocycles. The minimum atomic E-state index is -0.773. The Kier molecular flexibility index (Phi) is 62.7. The molecule has 0 aromatic heterocycles. The van der Waals surface area contributed by atoms with Crippen LogP contribution in [0.2, 0.25) is 0 Å². The average molecular weight is 2680 g/mol. The van der Waals surface area contributed by atoms with Crippen molar-refractivity contribution < 1.29 is 46.0 Å². The van der Waals surface area contributed by atoms with Gasteiger partial charge in [-0.1, -0.05) is 118 Å². The fourth-order valence-corrected chi connectivity index (χ4v) is 16.1.